The molecule has 2 aromatic rings. The minimum Gasteiger partial charge on any atom is -0.359 e. The Morgan fingerprint density at radius 2 is 2.10 bits per heavy atom. The molecule has 2 aromatic carbocycles. The van der Waals surface area contributed by atoms with Crippen LogP contribution in [0.4, 0.5) is 16.2 Å². The summed E-state index contributed by atoms with van der Waals surface area (Å²) in [5.74, 6) is -0.640. The van der Waals surface area contributed by atoms with E-state index in [2.05, 4.69) is 33.5 Å². The van der Waals surface area contributed by atoms with Crippen molar-refractivity contribution in [2.45, 2.75) is 31.5 Å². The van der Waals surface area contributed by atoms with Gasteiger partial charge in [0, 0.05) is 33.6 Å². The average Bonchev–Trinajstić information content (AvgIpc) is 3.21. The summed E-state index contributed by atoms with van der Waals surface area (Å²) in [5.41, 5.74) is -1.19. The first kappa shape index (κ1) is 22.1. The van der Waals surface area contributed by atoms with E-state index >= 15 is 0 Å². The molecular formula is C22H25BrClN4O3+. The summed E-state index contributed by atoms with van der Waals surface area (Å²) in [4.78, 5) is 29.1. The molecule has 0 spiro atoms. The highest BCUT2D eigenvalue weighted by atomic mass is 79.9. The Bertz CT molecular complexity index is 1000. The SMILES string of the molecule is CC[NH+]1CCCC1CNC(=O)C1(O)c2cc(Br)ccc2NC(=O)N1c1ccc(Cl)cc1. The second-order valence-corrected chi connectivity index (χ2v) is 9.27. The number of carbonyl (C=O) groups is 2. The van der Waals surface area contributed by atoms with Crippen LogP contribution in [0, 0.1) is 0 Å². The molecule has 2 aliphatic rings. The summed E-state index contributed by atoms with van der Waals surface area (Å²) in [6.07, 6.45) is 2.13. The summed E-state index contributed by atoms with van der Waals surface area (Å²) < 4.78 is 0.682. The van der Waals surface area contributed by atoms with Gasteiger partial charge in [0.15, 0.2) is 0 Å². The van der Waals surface area contributed by atoms with Crippen LogP contribution in [0.2, 0.25) is 5.02 Å². The first-order chi connectivity index (χ1) is 14.8. The Balaban J connectivity index is 1.73. The quantitative estimate of drug-likeness (QED) is 0.501. The molecule has 7 nitrogen and oxygen atoms in total. The van der Waals surface area contributed by atoms with Crippen LogP contribution < -0.4 is 20.4 Å². The lowest BCUT2D eigenvalue weighted by molar-refractivity contribution is -0.909. The highest BCUT2D eigenvalue weighted by Crippen LogP contribution is 2.41. The van der Waals surface area contributed by atoms with Gasteiger partial charge < -0.3 is 20.6 Å². The molecule has 3 atom stereocenters. The second-order valence-electron chi connectivity index (χ2n) is 7.92. The van der Waals surface area contributed by atoms with E-state index < -0.39 is 17.7 Å². The fourth-order valence-electron chi connectivity index (χ4n) is 4.51. The molecule has 2 aliphatic heterocycles. The maximum absolute atomic E-state index is 13.5. The van der Waals surface area contributed by atoms with Gasteiger partial charge in [0.1, 0.15) is 6.04 Å². The fraction of sp³-hybridized carbons (Fsp3) is 0.364. The van der Waals surface area contributed by atoms with E-state index in [1.807, 2.05) is 0 Å². The van der Waals surface area contributed by atoms with Crippen LogP contribution in [0.15, 0.2) is 46.9 Å². The number of rotatable bonds is 5. The molecule has 4 rings (SSSR count). The first-order valence-corrected chi connectivity index (χ1v) is 11.5. The molecule has 0 aromatic heterocycles. The van der Waals surface area contributed by atoms with Crippen LogP contribution in [-0.2, 0) is 10.5 Å². The first-order valence-electron chi connectivity index (χ1n) is 10.4. The molecule has 0 saturated carbocycles. The summed E-state index contributed by atoms with van der Waals surface area (Å²) in [7, 11) is 0. The van der Waals surface area contributed by atoms with Crippen LogP contribution in [-0.4, -0.2) is 42.7 Å². The lowest BCUT2D eigenvalue weighted by Gasteiger charge is -2.43. The molecule has 0 radical (unpaired) electrons. The van der Waals surface area contributed by atoms with E-state index in [0.717, 1.165) is 30.8 Å². The molecule has 3 amide bonds. The van der Waals surface area contributed by atoms with E-state index in [4.69, 9.17) is 11.6 Å². The lowest BCUT2D eigenvalue weighted by atomic mass is 9.94. The highest BCUT2D eigenvalue weighted by molar-refractivity contribution is 9.10. The Hall–Kier alpha value is -2.13. The predicted molar refractivity (Wildman–Crippen MR) is 123 cm³/mol. The molecular weight excluding hydrogens is 484 g/mol. The van der Waals surface area contributed by atoms with E-state index in [-0.39, 0.29) is 0 Å². The summed E-state index contributed by atoms with van der Waals surface area (Å²) in [6, 6.07) is 11.2. The Morgan fingerprint density at radius 3 is 2.81 bits per heavy atom. The van der Waals surface area contributed by atoms with Crippen LogP contribution >= 0.6 is 27.5 Å². The fourth-order valence-corrected chi connectivity index (χ4v) is 4.99. The number of quaternary nitrogens is 1. The van der Waals surface area contributed by atoms with Gasteiger partial charge in [-0.1, -0.05) is 27.5 Å². The van der Waals surface area contributed by atoms with Gasteiger partial charge in [-0.05, 0) is 49.4 Å². The number of amides is 3. The number of anilines is 2. The van der Waals surface area contributed by atoms with Crippen molar-refractivity contribution < 1.29 is 19.6 Å². The molecule has 31 heavy (non-hydrogen) atoms. The van der Waals surface area contributed by atoms with Crippen molar-refractivity contribution in [3.05, 3.63) is 57.5 Å². The van der Waals surface area contributed by atoms with Crippen molar-refractivity contribution in [3.8, 4) is 0 Å². The normalized spacial score (nSPS) is 25.2. The van der Waals surface area contributed by atoms with Gasteiger partial charge in [-0.25, -0.2) is 4.79 Å². The molecule has 2 heterocycles. The third kappa shape index (κ3) is 4.05. The largest absolute Gasteiger partial charge is 0.359 e. The van der Waals surface area contributed by atoms with E-state index in [0.29, 0.717) is 39.0 Å². The number of nitrogens with zero attached hydrogens (tertiary/aromatic N) is 1. The summed E-state index contributed by atoms with van der Waals surface area (Å²) in [5, 5.41) is 18.0. The van der Waals surface area contributed by atoms with Crippen LogP contribution in [0.3, 0.4) is 0 Å². The monoisotopic (exact) mass is 507 g/mol. The number of halogens is 2. The maximum atomic E-state index is 13.5. The molecule has 164 valence electrons. The standard InChI is InChI=1S/C22H24BrClN4O3/c1-2-27-11-3-4-17(27)13-25-20(29)22(31)18-12-14(23)5-10-19(18)26-21(30)28(22)16-8-6-15(24)7-9-16/h5-10,12,17,31H,2-4,11,13H2,1H3,(H,25,29)(H,26,30)/p+1. The molecule has 0 aliphatic carbocycles. The smallest absolute Gasteiger partial charge is 0.329 e. The number of nitrogens with one attached hydrogen (secondary N) is 3. The predicted octanol–water partition coefficient (Wildman–Crippen LogP) is 2.48. The number of fused-ring (bicyclic) bond motifs is 1. The number of aliphatic hydroxyl groups is 1. The Kier molecular flexibility index (Phi) is 6.25. The Labute approximate surface area is 194 Å². The van der Waals surface area contributed by atoms with Gasteiger partial charge in [-0.2, -0.15) is 0 Å². The van der Waals surface area contributed by atoms with Gasteiger partial charge >= 0.3 is 6.03 Å². The summed E-state index contributed by atoms with van der Waals surface area (Å²) >= 11 is 9.41. The number of urea groups is 1. The van der Waals surface area contributed by atoms with Gasteiger partial charge in [0.05, 0.1) is 25.3 Å². The van der Waals surface area contributed by atoms with Gasteiger partial charge in [-0.15, -0.1) is 0 Å². The number of carbonyl (C=O) groups excluding carboxylic acids is 2. The number of hydrogen-bond acceptors (Lipinski definition) is 3. The molecule has 0 bridgehead atoms. The van der Waals surface area contributed by atoms with E-state index in [1.54, 1.807) is 42.5 Å². The minimum atomic E-state index is -2.22. The van der Waals surface area contributed by atoms with Crippen molar-refractivity contribution >= 4 is 50.8 Å². The van der Waals surface area contributed by atoms with Gasteiger partial charge in [0.25, 0.3) is 11.6 Å². The minimum absolute atomic E-state index is 0.292. The van der Waals surface area contributed by atoms with Crippen molar-refractivity contribution in [2.24, 2.45) is 0 Å². The number of likely N-dealkylation sites (N-methyl/N-ethyl adjacent to an activating group) is 1. The third-order valence-electron chi connectivity index (χ3n) is 6.12. The van der Waals surface area contributed by atoms with E-state index in [1.165, 1.54) is 4.90 Å². The average molecular weight is 509 g/mol. The zero-order valence-corrected chi connectivity index (χ0v) is 19.5. The van der Waals surface area contributed by atoms with Crippen LogP contribution in [0.25, 0.3) is 0 Å². The molecule has 9 heteroatoms. The molecule has 4 N–H and O–H groups in total. The third-order valence-corrected chi connectivity index (χ3v) is 6.86. The van der Waals surface area contributed by atoms with Gasteiger partial charge in [-0.3, -0.25) is 9.69 Å². The van der Waals surface area contributed by atoms with Crippen LogP contribution in [0.5, 0.6) is 0 Å². The number of hydrogen-bond donors (Lipinski definition) is 4. The van der Waals surface area contributed by atoms with Gasteiger partial charge in [0.2, 0.25) is 0 Å². The zero-order chi connectivity index (χ0) is 22.2. The van der Waals surface area contributed by atoms with Crippen molar-refractivity contribution in [3.63, 3.8) is 0 Å². The number of likely N-dealkylation sites (tertiary alicyclic amines) is 1. The van der Waals surface area contributed by atoms with Crippen LogP contribution in [0.1, 0.15) is 25.3 Å². The van der Waals surface area contributed by atoms with Crippen molar-refractivity contribution in [1.82, 2.24) is 5.32 Å². The molecule has 1 saturated heterocycles. The topological polar surface area (TPSA) is 86.1 Å². The van der Waals surface area contributed by atoms with E-state index in [9.17, 15) is 14.7 Å². The van der Waals surface area contributed by atoms with Crippen molar-refractivity contribution in [2.75, 3.05) is 29.9 Å². The highest BCUT2D eigenvalue weighted by Gasteiger charge is 2.52. The zero-order valence-electron chi connectivity index (χ0n) is 17.1. The van der Waals surface area contributed by atoms with Crippen molar-refractivity contribution in [1.29, 1.82) is 0 Å². The second kappa shape index (κ2) is 8.78. The molecule has 1 fully saturated rings. The maximum Gasteiger partial charge on any atom is 0.329 e. The summed E-state index contributed by atoms with van der Waals surface area (Å²) in [6.45, 7) is 4.63. The molecule has 3 unspecified atom stereocenters. The number of benzene rings is 2. The Morgan fingerprint density at radius 1 is 1.35 bits per heavy atom. The lowest BCUT2D eigenvalue weighted by Crippen LogP contribution is -3.14.